The number of benzene rings is 3. The summed E-state index contributed by atoms with van der Waals surface area (Å²) in [5.74, 6) is -0.186. The van der Waals surface area contributed by atoms with Crippen molar-refractivity contribution >= 4 is 27.5 Å². The van der Waals surface area contributed by atoms with Gasteiger partial charge in [0.05, 0.1) is 17.7 Å². The quantitative estimate of drug-likeness (QED) is 0.299. The number of nitrogens with one attached hydrogen (secondary N) is 1. The van der Waals surface area contributed by atoms with E-state index in [0.29, 0.717) is 17.9 Å². The third kappa shape index (κ3) is 7.88. The number of aryl methyl sites for hydroxylation is 2. The number of anilines is 1. The van der Waals surface area contributed by atoms with Crippen LogP contribution in [0.2, 0.25) is 0 Å². The monoisotopic (exact) mass is 579 g/mol. The van der Waals surface area contributed by atoms with Crippen LogP contribution in [0.3, 0.4) is 0 Å². The Kier molecular flexibility index (Phi) is 10.9. The smallest absolute Gasteiger partial charge is 0.264 e. The first-order valence-corrected chi connectivity index (χ1v) is 15.3. The Bertz CT molecular complexity index is 1420. The van der Waals surface area contributed by atoms with Gasteiger partial charge in [-0.1, -0.05) is 55.8 Å². The van der Waals surface area contributed by atoms with Gasteiger partial charge in [0.2, 0.25) is 11.8 Å². The highest BCUT2D eigenvalue weighted by Gasteiger charge is 2.34. The molecule has 0 radical (unpaired) electrons. The van der Waals surface area contributed by atoms with Crippen LogP contribution in [0.1, 0.15) is 50.3 Å². The molecule has 3 aromatic rings. The Balaban J connectivity index is 2.07. The van der Waals surface area contributed by atoms with E-state index in [0.717, 1.165) is 27.4 Å². The largest absolute Gasteiger partial charge is 0.497 e. The van der Waals surface area contributed by atoms with Gasteiger partial charge in [-0.2, -0.15) is 0 Å². The molecule has 0 bridgehead atoms. The molecule has 0 unspecified atom stereocenters. The number of carbonyl (C=O) groups is 2. The SMILES string of the molecule is CC[C@@H](C)NC(=O)[C@@H](CC)N(Cc1ccccc1C)C(=O)CN(c1ccc(OC)cc1)S(=O)(=O)c1ccc(C)cc1. The molecule has 2 atom stereocenters. The molecule has 41 heavy (non-hydrogen) atoms. The van der Waals surface area contributed by atoms with Gasteiger partial charge < -0.3 is 15.0 Å². The molecule has 0 saturated carbocycles. The lowest BCUT2D eigenvalue weighted by Crippen LogP contribution is -2.53. The standard InChI is InChI=1S/C32H41N3O5S/c1-7-25(5)33-32(37)30(8-2)34(21-26-12-10-9-11-24(26)4)31(36)22-35(27-15-17-28(40-6)18-16-27)41(38,39)29-19-13-23(3)14-20-29/h9-20,25,30H,7-8,21-22H2,1-6H3,(H,33,37)/t25-,30-/m1/s1. The molecule has 9 heteroatoms. The number of methoxy groups -OCH3 is 1. The first kappa shape index (κ1) is 31.7. The molecule has 1 N–H and O–H groups in total. The molecule has 0 saturated heterocycles. The number of amides is 2. The fraction of sp³-hybridized carbons (Fsp3) is 0.375. The summed E-state index contributed by atoms with van der Waals surface area (Å²) in [6.45, 7) is 9.25. The summed E-state index contributed by atoms with van der Waals surface area (Å²) in [4.78, 5) is 29.1. The van der Waals surface area contributed by atoms with Gasteiger partial charge in [-0.3, -0.25) is 13.9 Å². The average molecular weight is 580 g/mol. The van der Waals surface area contributed by atoms with Crippen molar-refractivity contribution in [1.82, 2.24) is 10.2 Å². The van der Waals surface area contributed by atoms with Crippen LogP contribution >= 0.6 is 0 Å². The van der Waals surface area contributed by atoms with Crippen molar-refractivity contribution in [2.45, 2.75) is 71.0 Å². The molecule has 220 valence electrons. The molecular weight excluding hydrogens is 538 g/mol. The van der Waals surface area contributed by atoms with E-state index in [-0.39, 0.29) is 23.4 Å². The molecular formula is C32H41N3O5S. The first-order valence-electron chi connectivity index (χ1n) is 13.9. The number of ether oxygens (including phenoxy) is 1. The Morgan fingerprint density at radius 2 is 1.54 bits per heavy atom. The van der Waals surface area contributed by atoms with Gasteiger partial charge >= 0.3 is 0 Å². The number of rotatable bonds is 13. The Hall–Kier alpha value is -3.85. The molecule has 8 nitrogen and oxygen atoms in total. The van der Waals surface area contributed by atoms with Gasteiger partial charge in [0.1, 0.15) is 18.3 Å². The third-order valence-electron chi connectivity index (χ3n) is 7.24. The molecule has 0 spiro atoms. The van der Waals surface area contributed by atoms with E-state index in [1.54, 1.807) is 36.4 Å². The summed E-state index contributed by atoms with van der Waals surface area (Å²) >= 11 is 0. The number of hydrogen-bond donors (Lipinski definition) is 1. The predicted molar refractivity (Wildman–Crippen MR) is 162 cm³/mol. The van der Waals surface area contributed by atoms with Gasteiger partial charge in [-0.25, -0.2) is 8.42 Å². The molecule has 0 aliphatic heterocycles. The maximum Gasteiger partial charge on any atom is 0.264 e. The van der Waals surface area contributed by atoms with E-state index in [4.69, 9.17) is 4.74 Å². The number of carbonyl (C=O) groups excluding carboxylic acids is 2. The van der Waals surface area contributed by atoms with Crippen molar-refractivity contribution in [2.24, 2.45) is 0 Å². The fourth-order valence-electron chi connectivity index (χ4n) is 4.45. The Morgan fingerprint density at radius 3 is 2.10 bits per heavy atom. The summed E-state index contributed by atoms with van der Waals surface area (Å²) < 4.78 is 34.3. The van der Waals surface area contributed by atoms with Crippen LogP contribution in [0.15, 0.2) is 77.7 Å². The lowest BCUT2D eigenvalue weighted by atomic mass is 10.1. The van der Waals surface area contributed by atoms with E-state index in [1.807, 2.05) is 58.9 Å². The minimum absolute atomic E-state index is 0.0651. The zero-order valence-corrected chi connectivity index (χ0v) is 25.6. The van der Waals surface area contributed by atoms with Crippen molar-refractivity contribution in [3.63, 3.8) is 0 Å². The van der Waals surface area contributed by atoms with E-state index >= 15 is 0 Å². The lowest BCUT2D eigenvalue weighted by Gasteiger charge is -2.34. The number of hydrogen-bond acceptors (Lipinski definition) is 5. The second-order valence-electron chi connectivity index (χ2n) is 10.2. The lowest BCUT2D eigenvalue weighted by molar-refractivity contribution is -0.140. The number of sulfonamides is 1. The molecule has 0 heterocycles. The molecule has 3 aromatic carbocycles. The van der Waals surface area contributed by atoms with Crippen molar-refractivity contribution in [3.8, 4) is 5.75 Å². The fourth-order valence-corrected chi connectivity index (χ4v) is 5.86. The van der Waals surface area contributed by atoms with Crippen molar-refractivity contribution in [2.75, 3.05) is 18.0 Å². The Morgan fingerprint density at radius 1 is 0.902 bits per heavy atom. The van der Waals surface area contributed by atoms with Crippen LogP contribution in [-0.4, -0.2) is 50.9 Å². The highest BCUT2D eigenvalue weighted by molar-refractivity contribution is 7.92. The maximum atomic E-state index is 14.2. The van der Waals surface area contributed by atoms with E-state index in [9.17, 15) is 18.0 Å². The predicted octanol–water partition coefficient (Wildman–Crippen LogP) is 5.23. The van der Waals surface area contributed by atoms with Crippen LogP contribution in [0.4, 0.5) is 5.69 Å². The summed E-state index contributed by atoms with van der Waals surface area (Å²) in [7, 11) is -2.61. The molecule has 3 rings (SSSR count). The van der Waals surface area contributed by atoms with Crippen LogP contribution in [0, 0.1) is 13.8 Å². The van der Waals surface area contributed by atoms with E-state index < -0.39 is 28.5 Å². The summed E-state index contributed by atoms with van der Waals surface area (Å²) in [6, 6.07) is 19.8. The Labute approximate surface area is 244 Å². The molecule has 0 fully saturated rings. The molecule has 0 aliphatic carbocycles. The zero-order valence-electron chi connectivity index (χ0n) is 24.8. The average Bonchev–Trinajstić information content (AvgIpc) is 2.96. The van der Waals surface area contributed by atoms with Crippen LogP contribution < -0.4 is 14.4 Å². The van der Waals surface area contributed by atoms with Crippen LogP contribution in [0.25, 0.3) is 0 Å². The normalized spacial score (nSPS) is 12.7. The van der Waals surface area contributed by atoms with Gasteiger partial charge in [0.25, 0.3) is 10.0 Å². The minimum atomic E-state index is -4.13. The maximum absolute atomic E-state index is 14.2. The molecule has 2 amide bonds. The van der Waals surface area contributed by atoms with Gasteiger partial charge in [-0.05, 0) is 81.1 Å². The summed E-state index contributed by atoms with van der Waals surface area (Å²) in [5.41, 5.74) is 3.08. The molecule has 0 aliphatic rings. The second-order valence-corrected chi connectivity index (χ2v) is 12.1. The van der Waals surface area contributed by atoms with Crippen LogP contribution in [0.5, 0.6) is 5.75 Å². The topological polar surface area (TPSA) is 96.0 Å². The highest BCUT2D eigenvalue weighted by Crippen LogP contribution is 2.27. The van der Waals surface area contributed by atoms with Crippen molar-refractivity contribution in [1.29, 1.82) is 0 Å². The van der Waals surface area contributed by atoms with Gasteiger partial charge in [-0.15, -0.1) is 0 Å². The van der Waals surface area contributed by atoms with Crippen LogP contribution in [-0.2, 0) is 26.2 Å². The minimum Gasteiger partial charge on any atom is -0.497 e. The second kappa shape index (κ2) is 14.2. The van der Waals surface area contributed by atoms with E-state index in [2.05, 4.69) is 5.32 Å². The molecule has 0 aromatic heterocycles. The third-order valence-corrected chi connectivity index (χ3v) is 9.03. The van der Waals surface area contributed by atoms with Crippen molar-refractivity contribution in [3.05, 3.63) is 89.5 Å². The van der Waals surface area contributed by atoms with Gasteiger partial charge in [0.15, 0.2) is 0 Å². The highest BCUT2D eigenvalue weighted by atomic mass is 32.2. The number of nitrogens with zero attached hydrogens (tertiary/aromatic N) is 2. The first-order chi connectivity index (χ1) is 19.5. The van der Waals surface area contributed by atoms with Gasteiger partial charge in [0, 0.05) is 12.6 Å². The summed E-state index contributed by atoms with van der Waals surface area (Å²) in [5, 5.41) is 3.00. The van der Waals surface area contributed by atoms with Crippen molar-refractivity contribution < 1.29 is 22.7 Å². The van der Waals surface area contributed by atoms with E-state index in [1.165, 1.54) is 24.1 Å². The zero-order chi connectivity index (χ0) is 30.2. The summed E-state index contributed by atoms with van der Waals surface area (Å²) in [6.07, 6.45) is 1.11.